The SMILES string of the molecule is COc1ccc(-c2ccc(OCC3C=C(C(=O)NS(=O)(=O)c4ccccc4)OC3C)cc2)nc1. The van der Waals surface area contributed by atoms with E-state index in [1.54, 1.807) is 44.5 Å². The number of carbonyl (C=O) groups excluding carboxylic acids is 1. The van der Waals surface area contributed by atoms with Gasteiger partial charge in [-0.3, -0.25) is 9.78 Å². The van der Waals surface area contributed by atoms with Gasteiger partial charge < -0.3 is 14.2 Å². The molecule has 1 aliphatic heterocycles. The van der Waals surface area contributed by atoms with E-state index < -0.39 is 15.9 Å². The number of ether oxygens (including phenoxy) is 3. The lowest BCUT2D eigenvalue weighted by atomic mass is 10.1. The van der Waals surface area contributed by atoms with Crippen LogP contribution in [0.4, 0.5) is 0 Å². The number of carbonyl (C=O) groups is 1. The van der Waals surface area contributed by atoms with Crippen LogP contribution in [0.25, 0.3) is 11.3 Å². The maximum Gasteiger partial charge on any atom is 0.299 e. The number of benzene rings is 2. The number of amides is 1. The minimum atomic E-state index is -3.98. The number of hydrogen-bond donors (Lipinski definition) is 1. The van der Waals surface area contributed by atoms with E-state index in [0.717, 1.165) is 11.3 Å². The van der Waals surface area contributed by atoms with Crippen LogP contribution < -0.4 is 14.2 Å². The molecule has 34 heavy (non-hydrogen) atoms. The minimum Gasteiger partial charge on any atom is -0.495 e. The summed E-state index contributed by atoms with van der Waals surface area (Å²) in [4.78, 5) is 16.8. The molecule has 1 N–H and O–H groups in total. The molecule has 2 aromatic carbocycles. The van der Waals surface area contributed by atoms with Crippen LogP contribution in [0.3, 0.4) is 0 Å². The van der Waals surface area contributed by atoms with Crippen molar-refractivity contribution in [2.45, 2.75) is 17.9 Å². The summed E-state index contributed by atoms with van der Waals surface area (Å²) in [7, 11) is -2.39. The Labute approximate surface area is 198 Å². The highest BCUT2D eigenvalue weighted by Crippen LogP contribution is 2.26. The van der Waals surface area contributed by atoms with Crippen molar-refractivity contribution in [3.63, 3.8) is 0 Å². The van der Waals surface area contributed by atoms with E-state index in [4.69, 9.17) is 14.2 Å². The molecule has 9 heteroatoms. The summed E-state index contributed by atoms with van der Waals surface area (Å²) in [6.07, 6.45) is 2.91. The van der Waals surface area contributed by atoms with Gasteiger partial charge in [-0.1, -0.05) is 18.2 Å². The fraction of sp³-hybridized carbons (Fsp3) is 0.200. The highest BCUT2D eigenvalue weighted by Gasteiger charge is 2.31. The second kappa shape index (κ2) is 9.96. The van der Waals surface area contributed by atoms with Crippen LogP contribution in [0.15, 0.2) is 89.7 Å². The summed E-state index contributed by atoms with van der Waals surface area (Å²) in [5, 5.41) is 0. The summed E-state index contributed by atoms with van der Waals surface area (Å²) < 4.78 is 43.4. The van der Waals surface area contributed by atoms with E-state index in [-0.39, 0.29) is 29.3 Å². The first-order valence-electron chi connectivity index (χ1n) is 10.6. The van der Waals surface area contributed by atoms with Crippen molar-refractivity contribution in [1.82, 2.24) is 9.71 Å². The van der Waals surface area contributed by atoms with Crippen LogP contribution >= 0.6 is 0 Å². The van der Waals surface area contributed by atoms with Gasteiger partial charge in [0.25, 0.3) is 15.9 Å². The molecule has 2 unspecified atom stereocenters. The number of pyridine rings is 1. The lowest BCUT2D eigenvalue weighted by Gasteiger charge is -2.15. The van der Waals surface area contributed by atoms with E-state index >= 15 is 0 Å². The second-order valence-electron chi connectivity index (χ2n) is 7.68. The van der Waals surface area contributed by atoms with Crippen LogP contribution in [0.2, 0.25) is 0 Å². The lowest BCUT2D eigenvalue weighted by molar-refractivity contribution is -0.119. The molecule has 2 atom stereocenters. The molecule has 3 aromatic rings. The highest BCUT2D eigenvalue weighted by atomic mass is 32.2. The Morgan fingerprint density at radius 2 is 1.74 bits per heavy atom. The quantitative estimate of drug-likeness (QED) is 0.526. The van der Waals surface area contributed by atoms with Crippen molar-refractivity contribution in [2.24, 2.45) is 5.92 Å². The van der Waals surface area contributed by atoms with Gasteiger partial charge in [-0.25, -0.2) is 13.1 Å². The third kappa shape index (κ3) is 5.37. The van der Waals surface area contributed by atoms with Gasteiger partial charge in [0.15, 0.2) is 5.76 Å². The van der Waals surface area contributed by atoms with E-state index in [1.165, 1.54) is 12.1 Å². The molecule has 0 spiro atoms. The zero-order valence-corrected chi connectivity index (χ0v) is 19.5. The molecule has 1 aromatic heterocycles. The van der Waals surface area contributed by atoms with Crippen molar-refractivity contribution in [1.29, 1.82) is 0 Å². The van der Waals surface area contributed by atoms with E-state index in [0.29, 0.717) is 11.5 Å². The molecule has 0 saturated heterocycles. The third-order valence-electron chi connectivity index (χ3n) is 5.35. The Bertz CT molecular complexity index is 1270. The predicted molar refractivity (Wildman–Crippen MR) is 126 cm³/mol. The molecule has 1 aliphatic rings. The van der Waals surface area contributed by atoms with Gasteiger partial charge in [0.05, 0.1) is 36.4 Å². The van der Waals surface area contributed by atoms with Gasteiger partial charge in [-0.05, 0) is 61.5 Å². The maximum absolute atomic E-state index is 12.5. The average molecular weight is 481 g/mol. The van der Waals surface area contributed by atoms with Gasteiger partial charge in [0.2, 0.25) is 0 Å². The lowest BCUT2D eigenvalue weighted by Crippen LogP contribution is -2.32. The number of sulfonamides is 1. The zero-order chi connectivity index (χ0) is 24.1. The number of rotatable bonds is 8. The van der Waals surface area contributed by atoms with Crippen LogP contribution in [0, 0.1) is 5.92 Å². The van der Waals surface area contributed by atoms with Crippen LogP contribution in [-0.2, 0) is 19.6 Å². The largest absolute Gasteiger partial charge is 0.495 e. The highest BCUT2D eigenvalue weighted by molar-refractivity contribution is 7.90. The fourth-order valence-electron chi connectivity index (χ4n) is 3.39. The van der Waals surface area contributed by atoms with Gasteiger partial charge in [0, 0.05) is 5.56 Å². The first-order chi connectivity index (χ1) is 16.4. The number of nitrogens with zero attached hydrogens (tertiary/aromatic N) is 1. The van der Waals surface area contributed by atoms with Crippen molar-refractivity contribution in [2.75, 3.05) is 13.7 Å². The summed E-state index contributed by atoms with van der Waals surface area (Å²) >= 11 is 0. The topological polar surface area (TPSA) is 104 Å². The van der Waals surface area contributed by atoms with E-state index in [9.17, 15) is 13.2 Å². The van der Waals surface area contributed by atoms with Crippen molar-refractivity contribution in [3.05, 3.63) is 84.8 Å². The van der Waals surface area contributed by atoms with Crippen LogP contribution in [-0.4, -0.2) is 39.1 Å². The van der Waals surface area contributed by atoms with Gasteiger partial charge in [-0.2, -0.15) is 0 Å². The maximum atomic E-state index is 12.5. The Hall–Kier alpha value is -3.85. The predicted octanol–water partition coefficient (Wildman–Crippen LogP) is 3.56. The summed E-state index contributed by atoms with van der Waals surface area (Å²) in [6.45, 7) is 2.07. The first kappa shape index (κ1) is 23.3. The Morgan fingerprint density at radius 3 is 2.38 bits per heavy atom. The van der Waals surface area contributed by atoms with Crippen LogP contribution in [0.5, 0.6) is 11.5 Å². The number of methoxy groups -OCH3 is 1. The summed E-state index contributed by atoms with van der Waals surface area (Å²) in [6, 6.07) is 18.9. The smallest absolute Gasteiger partial charge is 0.299 e. The molecule has 4 rings (SSSR count). The molecular weight excluding hydrogens is 456 g/mol. The molecule has 2 heterocycles. The van der Waals surface area contributed by atoms with Crippen molar-refractivity contribution < 1.29 is 27.4 Å². The van der Waals surface area contributed by atoms with Gasteiger partial charge >= 0.3 is 0 Å². The van der Waals surface area contributed by atoms with Crippen molar-refractivity contribution >= 4 is 15.9 Å². The average Bonchev–Trinajstić information content (AvgIpc) is 3.24. The number of nitrogens with one attached hydrogen (secondary N) is 1. The molecule has 0 aliphatic carbocycles. The number of aromatic nitrogens is 1. The second-order valence-corrected chi connectivity index (χ2v) is 9.37. The standard InChI is InChI=1S/C25H24N2O6S/c1-17-19(14-24(33-17)25(28)27-34(29,30)22-6-4-3-5-7-22)16-32-20-10-8-18(9-11-20)23-13-12-21(31-2)15-26-23/h3-15,17,19H,16H2,1-2H3,(H,27,28). The van der Waals surface area contributed by atoms with Crippen LogP contribution in [0.1, 0.15) is 6.92 Å². The Kier molecular flexibility index (Phi) is 6.83. The zero-order valence-electron chi connectivity index (χ0n) is 18.7. The number of hydrogen-bond acceptors (Lipinski definition) is 7. The third-order valence-corrected chi connectivity index (χ3v) is 6.70. The molecular formula is C25H24N2O6S. The molecule has 0 bridgehead atoms. The van der Waals surface area contributed by atoms with Gasteiger partial charge in [-0.15, -0.1) is 0 Å². The normalized spacial score (nSPS) is 17.4. The molecule has 0 fully saturated rings. The monoisotopic (exact) mass is 480 g/mol. The van der Waals surface area contributed by atoms with Crippen molar-refractivity contribution in [3.8, 4) is 22.8 Å². The molecule has 0 radical (unpaired) electrons. The summed E-state index contributed by atoms with van der Waals surface area (Å²) in [5.41, 5.74) is 1.75. The van der Waals surface area contributed by atoms with Gasteiger partial charge in [0.1, 0.15) is 17.6 Å². The molecule has 176 valence electrons. The fourth-order valence-corrected chi connectivity index (χ4v) is 4.36. The van der Waals surface area contributed by atoms with E-state index in [1.807, 2.05) is 41.1 Å². The summed E-state index contributed by atoms with van der Waals surface area (Å²) in [5.74, 6) is 0.275. The minimum absolute atomic E-state index is 0.00293. The molecule has 0 saturated carbocycles. The molecule has 1 amide bonds. The molecule has 8 nitrogen and oxygen atoms in total. The van der Waals surface area contributed by atoms with E-state index in [2.05, 4.69) is 4.98 Å². The Balaban J connectivity index is 1.36. The Morgan fingerprint density at radius 1 is 1.03 bits per heavy atom. The first-order valence-corrected chi connectivity index (χ1v) is 12.1.